The van der Waals surface area contributed by atoms with Gasteiger partial charge in [-0.1, -0.05) is 53.6 Å². The summed E-state index contributed by atoms with van der Waals surface area (Å²) in [5.74, 6) is 0.598. The average molecular weight is 546 g/mol. The number of ether oxygens (including phenoxy) is 1. The van der Waals surface area contributed by atoms with Crippen LogP contribution in [0.1, 0.15) is 39.5 Å². The Morgan fingerprint density at radius 3 is 2.41 bits per heavy atom. The monoisotopic (exact) mass is 544 g/mol. The number of nitrogen functional groups attached to an aromatic ring is 2. The minimum atomic E-state index is -0.393. The molecule has 0 saturated carbocycles. The minimum absolute atomic E-state index is 0. The molecule has 0 spiro atoms. The first-order chi connectivity index (χ1) is 17.2. The quantitative estimate of drug-likeness (QED) is 0.357. The van der Waals surface area contributed by atoms with E-state index in [-0.39, 0.29) is 46.8 Å². The lowest BCUT2D eigenvalue weighted by atomic mass is 9.93. The Morgan fingerprint density at radius 1 is 1.08 bits per heavy atom. The number of amides is 1. The number of anilines is 2. The predicted octanol–water partition coefficient (Wildman–Crippen LogP) is 0.591. The number of aryl methyl sites for hydroxylation is 2. The molecule has 1 saturated heterocycles. The number of quaternary nitrogens is 1. The molecule has 37 heavy (non-hydrogen) atoms. The molecule has 4 rings (SSSR count). The normalized spacial score (nSPS) is 20.8. The molecule has 8 nitrogen and oxygen atoms in total. The Balaban J connectivity index is 0.00000380. The number of aromatic nitrogens is 2. The highest BCUT2D eigenvalue weighted by Gasteiger charge is 2.44. The van der Waals surface area contributed by atoms with E-state index < -0.39 is 5.91 Å². The van der Waals surface area contributed by atoms with E-state index in [1.807, 2.05) is 12.1 Å². The van der Waals surface area contributed by atoms with Gasteiger partial charge in [0.15, 0.2) is 22.5 Å². The summed E-state index contributed by atoms with van der Waals surface area (Å²) in [6, 6.07) is 16.7. The van der Waals surface area contributed by atoms with Gasteiger partial charge in [0.05, 0.1) is 45.8 Å². The Kier molecular flexibility index (Phi) is 9.23. The van der Waals surface area contributed by atoms with Crippen molar-refractivity contribution < 1.29 is 26.4 Å². The van der Waals surface area contributed by atoms with Crippen LogP contribution in [0.5, 0.6) is 5.75 Å². The number of likely N-dealkylation sites (tertiary alicyclic amines) is 1. The van der Waals surface area contributed by atoms with Gasteiger partial charge in [-0.2, -0.15) is 0 Å². The molecule has 0 bridgehead atoms. The fourth-order valence-electron chi connectivity index (χ4n) is 5.06. The number of likely N-dealkylation sites (N-methyl/N-ethyl adjacent to an activating group) is 1. The molecule has 0 radical (unpaired) electrons. The fraction of sp³-hybridized carbons (Fsp3) is 0.370. The number of carbonyl (C=O) groups is 1. The lowest BCUT2D eigenvalue weighted by molar-refractivity contribution is -0.898. The van der Waals surface area contributed by atoms with Gasteiger partial charge in [-0.15, -0.1) is 0 Å². The standard InChI is InChI=1S/C27H33ClN6O2.ClH/c1-17-6-10-19(11-7-17)21-15-34(2,14-4-5-18-8-12-20(36-3)13-9-18)16-22(21)31-27(35)23-25(29)33-26(30)24(28)32-23;/h6-13,21-22H,4-5,14-16H2,1-3H3,(H4-,29,30,31,33,35);1H. The van der Waals surface area contributed by atoms with Crippen molar-refractivity contribution in [2.24, 2.45) is 0 Å². The van der Waals surface area contributed by atoms with Gasteiger partial charge in [0.25, 0.3) is 5.91 Å². The molecule has 3 aromatic rings. The number of rotatable bonds is 8. The third-order valence-electron chi connectivity index (χ3n) is 7.03. The van der Waals surface area contributed by atoms with Crippen molar-refractivity contribution in [1.29, 1.82) is 0 Å². The second kappa shape index (κ2) is 12.0. The SMILES string of the molecule is COc1ccc(CCC[N+]2(C)CC(NC(=O)c3nc(Cl)c(N)nc3N)C(c3ccc(C)cc3)C2)cc1.[Cl-]. The van der Waals surface area contributed by atoms with Crippen molar-refractivity contribution in [2.75, 3.05) is 45.3 Å². The summed E-state index contributed by atoms with van der Waals surface area (Å²) in [7, 11) is 3.94. The van der Waals surface area contributed by atoms with Crippen LogP contribution in [0.15, 0.2) is 48.5 Å². The van der Waals surface area contributed by atoms with Gasteiger partial charge >= 0.3 is 0 Å². The van der Waals surface area contributed by atoms with Crippen molar-refractivity contribution in [3.63, 3.8) is 0 Å². The molecular formula is C27H34Cl2N6O2. The van der Waals surface area contributed by atoms with Crippen molar-refractivity contribution in [3.8, 4) is 5.75 Å². The number of methoxy groups -OCH3 is 1. The highest BCUT2D eigenvalue weighted by atomic mass is 35.5. The summed E-state index contributed by atoms with van der Waals surface area (Å²) in [6.45, 7) is 4.78. The van der Waals surface area contributed by atoms with Crippen LogP contribution in [-0.2, 0) is 6.42 Å². The highest BCUT2D eigenvalue weighted by molar-refractivity contribution is 6.31. The van der Waals surface area contributed by atoms with Crippen LogP contribution in [-0.4, -0.2) is 60.2 Å². The zero-order valence-electron chi connectivity index (χ0n) is 21.4. The maximum Gasteiger partial charge on any atom is 0.274 e. The number of benzene rings is 2. The number of nitrogens with zero attached hydrogens (tertiary/aromatic N) is 3. The third kappa shape index (κ3) is 6.83. The van der Waals surface area contributed by atoms with Gasteiger partial charge in [0.1, 0.15) is 5.75 Å². The number of carbonyl (C=O) groups excluding carboxylic acids is 1. The van der Waals surface area contributed by atoms with Crippen LogP contribution in [0.25, 0.3) is 0 Å². The summed E-state index contributed by atoms with van der Waals surface area (Å²) in [4.78, 5) is 21.2. The molecule has 1 amide bonds. The van der Waals surface area contributed by atoms with Crippen molar-refractivity contribution in [3.05, 3.63) is 76.1 Å². The molecule has 2 heterocycles. The van der Waals surface area contributed by atoms with Gasteiger partial charge < -0.3 is 38.4 Å². The van der Waals surface area contributed by atoms with Crippen LogP contribution >= 0.6 is 11.6 Å². The molecule has 5 N–H and O–H groups in total. The maximum absolute atomic E-state index is 13.2. The summed E-state index contributed by atoms with van der Waals surface area (Å²) < 4.78 is 6.11. The lowest BCUT2D eigenvalue weighted by Crippen LogP contribution is -3.00. The zero-order valence-corrected chi connectivity index (χ0v) is 22.9. The Hall–Kier alpha value is -3.07. The molecule has 10 heteroatoms. The van der Waals surface area contributed by atoms with E-state index in [9.17, 15) is 4.79 Å². The maximum atomic E-state index is 13.2. The molecule has 0 aliphatic carbocycles. The van der Waals surface area contributed by atoms with Crippen molar-refractivity contribution >= 4 is 29.1 Å². The van der Waals surface area contributed by atoms with Gasteiger partial charge in [-0.05, 0) is 36.6 Å². The first kappa shape index (κ1) is 28.5. The molecule has 1 aliphatic rings. The lowest BCUT2D eigenvalue weighted by Gasteiger charge is -2.30. The molecule has 2 aromatic carbocycles. The minimum Gasteiger partial charge on any atom is -1.00 e. The smallest absolute Gasteiger partial charge is 0.274 e. The second-order valence-electron chi connectivity index (χ2n) is 9.89. The van der Waals surface area contributed by atoms with Crippen LogP contribution in [0.3, 0.4) is 0 Å². The van der Waals surface area contributed by atoms with Crippen LogP contribution < -0.4 is 33.9 Å². The summed E-state index contributed by atoms with van der Waals surface area (Å²) in [5.41, 5.74) is 15.3. The van der Waals surface area contributed by atoms with Crippen LogP contribution in [0.2, 0.25) is 5.15 Å². The Labute approximate surface area is 229 Å². The van der Waals surface area contributed by atoms with Crippen LogP contribution in [0, 0.1) is 6.92 Å². The third-order valence-corrected chi connectivity index (χ3v) is 7.30. The summed E-state index contributed by atoms with van der Waals surface area (Å²) >= 11 is 6.01. The van der Waals surface area contributed by atoms with E-state index in [0.717, 1.165) is 42.7 Å². The Morgan fingerprint density at radius 2 is 1.76 bits per heavy atom. The largest absolute Gasteiger partial charge is 1.00 e. The van der Waals surface area contributed by atoms with E-state index in [0.29, 0.717) is 0 Å². The topological polar surface area (TPSA) is 116 Å². The van der Waals surface area contributed by atoms with E-state index in [2.05, 4.69) is 65.7 Å². The van der Waals surface area contributed by atoms with E-state index in [1.54, 1.807) is 7.11 Å². The number of nitrogens with one attached hydrogen (secondary N) is 1. The van der Waals surface area contributed by atoms with E-state index >= 15 is 0 Å². The average Bonchev–Trinajstić information content (AvgIpc) is 3.18. The zero-order chi connectivity index (χ0) is 25.9. The molecule has 1 fully saturated rings. The fourth-order valence-corrected chi connectivity index (χ4v) is 5.19. The summed E-state index contributed by atoms with van der Waals surface area (Å²) in [6.07, 6.45) is 2.02. The number of nitrogens with two attached hydrogens (primary N) is 2. The van der Waals surface area contributed by atoms with E-state index in [4.69, 9.17) is 27.8 Å². The summed E-state index contributed by atoms with van der Waals surface area (Å²) in [5, 5.41) is 3.14. The number of hydrogen-bond acceptors (Lipinski definition) is 6. The molecule has 1 aromatic heterocycles. The van der Waals surface area contributed by atoms with Gasteiger partial charge in [0, 0.05) is 6.42 Å². The van der Waals surface area contributed by atoms with Gasteiger partial charge in [-0.25, -0.2) is 9.97 Å². The first-order valence-electron chi connectivity index (χ1n) is 12.1. The second-order valence-corrected chi connectivity index (χ2v) is 10.2. The van der Waals surface area contributed by atoms with E-state index in [1.165, 1.54) is 16.7 Å². The Bertz CT molecular complexity index is 1220. The molecular weight excluding hydrogens is 511 g/mol. The number of halogens is 2. The predicted molar refractivity (Wildman–Crippen MR) is 143 cm³/mol. The molecule has 198 valence electrons. The van der Waals surface area contributed by atoms with Gasteiger partial charge in [-0.3, -0.25) is 4.79 Å². The molecule has 1 aliphatic heterocycles. The first-order valence-corrected chi connectivity index (χ1v) is 12.5. The van der Waals surface area contributed by atoms with Gasteiger partial charge in [0.2, 0.25) is 0 Å². The van der Waals surface area contributed by atoms with Crippen LogP contribution in [0.4, 0.5) is 11.6 Å². The number of hydrogen-bond donors (Lipinski definition) is 3. The highest BCUT2D eigenvalue weighted by Crippen LogP contribution is 2.33. The molecule has 3 unspecified atom stereocenters. The van der Waals surface area contributed by atoms with Crippen molar-refractivity contribution in [2.45, 2.75) is 31.7 Å². The molecule has 3 atom stereocenters. The van der Waals surface area contributed by atoms with Crippen molar-refractivity contribution in [1.82, 2.24) is 15.3 Å².